The predicted octanol–water partition coefficient (Wildman–Crippen LogP) is 1.83. The van der Waals surface area contributed by atoms with Gasteiger partial charge in [-0.25, -0.2) is 0 Å². The van der Waals surface area contributed by atoms with Crippen LogP contribution in [-0.4, -0.2) is 28.2 Å². The first-order valence-corrected chi connectivity index (χ1v) is 5.59. The largest absolute Gasteiger partial charge is 0.497 e. The maximum Gasteiger partial charge on any atom is 0.249 e. The summed E-state index contributed by atoms with van der Waals surface area (Å²) in [5.41, 5.74) is 0.875. The number of carbonyl (C=O) groups excluding carboxylic acids is 1. The number of aromatic amines is 1. The number of anilines is 1. The van der Waals surface area contributed by atoms with E-state index in [1.54, 1.807) is 14.0 Å². The van der Waals surface area contributed by atoms with Gasteiger partial charge in [-0.05, 0) is 24.3 Å². The molecule has 94 valence electrons. The topological polar surface area (TPSA) is 79.9 Å². The Kier molecular flexibility index (Phi) is 3.57. The zero-order valence-corrected chi connectivity index (χ0v) is 10.2. The van der Waals surface area contributed by atoms with Crippen LogP contribution in [0.3, 0.4) is 0 Å². The lowest BCUT2D eigenvalue weighted by Gasteiger charge is -1.99. The number of carbonyl (C=O) groups is 1. The van der Waals surface area contributed by atoms with Gasteiger partial charge in [-0.2, -0.15) is 4.98 Å². The number of nitrogens with one attached hydrogen (secondary N) is 2. The molecule has 0 atom stereocenters. The van der Waals surface area contributed by atoms with Gasteiger partial charge in [-0.15, -0.1) is 5.10 Å². The molecule has 0 saturated carbocycles. The fourth-order valence-electron chi connectivity index (χ4n) is 1.41. The predicted molar refractivity (Wildman–Crippen MR) is 67.3 cm³/mol. The van der Waals surface area contributed by atoms with Crippen molar-refractivity contribution in [3.8, 4) is 17.1 Å². The Morgan fingerprint density at radius 1 is 1.39 bits per heavy atom. The van der Waals surface area contributed by atoms with E-state index in [0.717, 1.165) is 11.3 Å². The quantitative estimate of drug-likeness (QED) is 0.862. The second-order valence-corrected chi connectivity index (χ2v) is 3.64. The number of H-pyrrole nitrogens is 1. The third-order valence-corrected chi connectivity index (χ3v) is 2.42. The minimum Gasteiger partial charge on any atom is -0.497 e. The molecule has 2 rings (SSSR count). The molecule has 0 radical (unpaired) electrons. The van der Waals surface area contributed by atoms with Gasteiger partial charge < -0.3 is 4.74 Å². The van der Waals surface area contributed by atoms with Crippen molar-refractivity contribution >= 4 is 11.9 Å². The van der Waals surface area contributed by atoms with E-state index in [1.165, 1.54) is 0 Å². The number of ether oxygens (including phenoxy) is 1. The van der Waals surface area contributed by atoms with Crippen LogP contribution < -0.4 is 10.1 Å². The molecule has 18 heavy (non-hydrogen) atoms. The molecule has 1 aromatic carbocycles. The van der Waals surface area contributed by atoms with Crippen LogP contribution in [0.4, 0.5) is 5.95 Å². The molecule has 1 amide bonds. The van der Waals surface area contributed by atoms with Crippen LogP contribution in [-0.2, 0) is 4.79 Å². The number of aromatic nitrogens is 3. The third kappa shape index (κ3) is 2.65. The summed E-state index contributed by atoms with van der Waals surface area (Å²) >= 11 is 0. The van der Waals surface area contributed by atoms with Crippen LogP contribution in [0.1, 0.15) is 13.3 Å². The summed E-state index contributed by atoms with van der Waals surface area (Å²) in [6, 6.07) is 7.40. The second-order valence-electron chi connectivity index (χ2n) is 3.64. The highest BCUT2D eigenvalue weighted by Crippen LogP contribution is 2.19. The summed E-state index contributed by atoms with van der Waals surface area (Å²) in [4.78, 5) is 15.4. The van der Waals surface area contributed by atoms with Crippen molar-refractivity contribution in [2.45, 2.75) is 13.3 Å². The van der Waals surface area contributed by atoms with Gasteiger partial charge in [0.2, 0.25) is 11.9 Å². The Morgan fingerprint density at radius 2 is 2.11 bits per heavy atom. The summed E-state index contributed by atoms with van der Waals surface area (Å²) in [7, 11) is 1.61. The highest BCUT2D eigenvalue weighted by atomic mass is 16.5. The molecule has 0 aliphatic carbocycles. The van der Waals surface area contributed by atoms with Gasteiger partial charge in [0.15, 0.2) is 5.82 Å². The minimum absolute atomic E-state index is 0.115. The highest BCUT2D eigenvalue weighted by Gasteiger charge is 2.07. The van der Waals surface area contributed by atoms with Crippen LogP contribution in [0, 0.1) is 0 Å². The molecule has 0 aliphatic heterocycles. The Bertz CT molecular complexity index is 533. The molecule has 0 aliphatic rings. The fourth-order valence-corrected chi connectivity index (χ4v) is 1.41. The first-order chi connectivity index (χ1) is 8.72. The number of benzene rings is 1. The van der Waals surface area contributed by atoms with Crippen LogP contribution in [0.15, 0.2) is 24.3 Å². The van der Waals surface area contributed by atoms with Gasteiger partial charge in [-0.3, -0.25) is 15.2 Å². The van der Waals surface area contributed by atoms with E-state index < -0.39 is 0 Å². The summed E-state index contributed by atoms with van der Waals surface area (Å²) in [5, 5.41) is 9.28. The average molecular weight is 246 g/mol. The van der Waals surface area contributed by atoms with E-state index in [9.17, 15) is 4.79 Å². The van der Waals surface area contributed by atoms with E-state index in [2.05, 4.69) is 20.5 Å². The molecule has 2 N–H and O–H groups in total. The summed E-state index contributed by atoms with van der Waals surface area (Å²) in [6.07, 6.45) is 0.395. The summed E-state index contributed by atoms with van der Waals surface area (Å²) in [6.45, 7) is 1.77. The van der Waals surface area contributed by atoms with E-state index in [4.69, 9.17) is 4.74 Å². The van der Waals surface area contributed by atoms with Crippen molar-refractivity contribution in [3.63, 3.8) is 0 Å². The monoisotopic (exact) mass is 246 g/mol. The fraction of sp³-hybridized carbons (Fsp3) is 0.250. The number of rotatable bonds is 4. The molecule has 2 aromatic rings. The zero-order valence-electron chi connectivity index (χ0n) is 10.2. The SMILES string of the molecule is CCC(=O)Nc1n[nH]c(-c2ccc(OC)cc2)n1. The van der Waals surface area contributed by atoms with E-state index >= 15 is 0 Å². The maximum atomic E-state index is 11.2. The Labute approximate surface area is 104 Å². The molecular weight excluding hydrogens is 232 g/mol. The normalized spacial score (nSPS) is 10.1. The van der Waals surface area contributed by atoms with Crippen molar-refractivity contribution in [1.29, 1.82) is 0 Å². The summed E-state index contributed by atoms with van der Waals surface area (Å²) < 4.78 is 5.07. The molecule has 0 bridgehead atoms. The molecule has 1 heterocycles. The molecule has 0 spiro atoms. The number of amides is 1. The first-order valence-electron chi connectivity index (χ1n) is 5.59. The highest BCUT2D eigenvalue weighted by molar-refractivity contribution is 5.88. The molecule has 1 aromatic heterocycles. The maximum absolute atomic E-state index is 11.2. The Balaban J connectivity index is 2.15. The average Bonchev–Trinajstić information content (AvgIpc) is 2.87. The van der Waals surface area contributed by atoms with Crippen LogP contribution >= 0.6 is 0 Å². The standard InChI is InChI=1S/C12H14N4O2/c1-3-10(17)13-12-14-11(15-16-12)8-4-6-9(18-2)7-5-8/h4-7H,3H2,1-2H3,(H2,13,14,15,16,17). The molecule has 0 saturated heterocycles. The third-order valence-electron chi connectivity index (χ3n) is 2.42. The van der Waals surface area contributed by atoms with Crippen molar-refractivity contribution in [2.75, 3.05) is 12.4 Å². The number of hydrogen-bond donors (Lipinski definition) is 2. The molecule has 6 nitrogen and oxygen atoms in total. The van der Waals surface area contributed by atoms with Crippen molar-refractivity contribution in [3.05, 3.63) is 24.3 Å². The molecule has 0 fully saturated rings. The Morgan fingerprint density at radius 3 is 2.72 bits per heavy atom. The van der Waals surface area contributed by atoms with Gasteiger partial charge in [-0.1, -0.05) is 6.92 Å². The lowest BCUT2D eigenvalue weighted by Crippen LogP contribution is -2.10. The van der Waals surface area contributed by atoms with Crippen LogP contribution in [0.5, 0.6) is 5.75 Å². The van der Waals surface area contributed by atoms with Gasteiger partial charge in [0, 0.05) is 12.0 Å². The number of methoxy groups -OCH3 is 1. The van der Waals surface area contributed by atoms with E-state index in [0.29, 0.717) is 12.2 Å². The van der Waals surface area contributed by atoms with E-state index in [-0.39, 0.29) is 11.9 Å². The first kappa shape index (κ1) is 12.1. The van der Waals surface area contributed by atoms with Gasteiger partial charge in [0.1, 0.15) is 5.75 Å². The lowest BCUT2D eigenvalue weighted by molar-refractivity contribution is -0.115. The molecule has 6 heteroatoms. The zero-order chi connectivity index (χ0) is 13.0. The smallest absolute Gasteiger partial charge is 0.249 e. The Hall–Kier alpha value is -2.37. The molecule has 0 unspecified atom stereocenters. The van der Waals surface area contributed by atoms with Gasteiger partial charge >= 0.3 is 0 Å². The molecular formula is C12H14N4O2. The van der Waals surface area contributed by atoms with Crippen molar-refractivity contribution < 1.29 is 9.53 Å². The van der Waals surface area contributed by atoms with E-state index in [1.807, 2.05) is 24.3 Å². The van der Waals surface area contributed by atoms with Crippen LogP contribution in [0.25, 0.3) is 11.4 Å². The second kappa shape index (κ2) is 5.31. The van der Waals surface area contributed by atoms with Crippen LogP contribution in [0.2, 0.25) is 0 Å². The van der Waals surface area contributed by atoms with Gasteiger partial charge in [0.25, 0.3) is 0 Å². The number of hydrogen-bond acceptors (Lipinski definition) is 4. The van der Waals surface area contributed by atoms with Crippen molar-refractivity contribution in [1.82, 2.24) is 15.2 Å². The lowest BCUT2D eigenvalue weighted by atomic mass is 10.2. The van der Waals surface area contributed by atoms with Gasteiger partial charge in [0.05, 0.1) is 7.11 Å². The van der Waals surface area contributed by atoms with Crippen molar-refractivity contribution in [2.24, 2.45) is 0 Å². The number of nitrogens with zero attached hydrogens (tertiary/aromatic N) is 2. The minimum atomic E-state index is -0.115. The summed E-state index contributed by atoms with van der Waals surface area (Å²) in [5.74, 6) is 1.55.